The molecule has 142 valence electrons. The number of halogens is 1. The maximum atomic E-state index is 4.82. The molecule has 1 aliphatic rings. The van der Waals surface area contributed by atoms with Gasteiger partial charge in [0.15, 0.2) is 5.96 Å². The van der Waals surface area contributed by atoms with Gasteiger partial charge in [-0.3, -0.25) is 4.99 Å². The highest BCUT2D eigenvalue weighted by Crippen LogP contribution is 2.17. The fraction of sp³-hybridized carbons (Fsp3) is 0.650. The van der Waals surface area contributed by atoms with Crippen LogP contribution in [0.5, 0.6) is 0 Å². The standard InChI is InChI=1S/C20H34N4.HI/c1-3-14-24-15-11-19(12-16-24)17-23-20(21-4-2)22-13-10-18-8-6-5-7-9-18;/h5-9,19H,3-4,10-17H2,1-2H3,(H2,21,22,23);1H. The van der Waals surface area contributed by atoms with E-state index >= 15 is 0 Å². The Morgan fingerprint density at radius 1 is 1.12 bits per heavy atom. The molecule has 0 aliphatic carbocycles. The Balaban J connectivity index is 0.00000312. The van der Waals surface area contributed by atoms with Gasteiger partial charge in [-0.05, 0) is 63.7 Å². The summed E-state index contributed by atoms with van der Waals surface area (Å²) in [6.45, 7) is 10.9. The number of piperidine rings is 1. The zero-order valence-corrected chi connectivity index (χ0v) is 18.2. The molecule has 0 spiro atoms. The molecular weight excluding hydrogens is 423 g/mol. The molecule has 1 fully saturated rings. The molecule has 1 aromatic rings. The molecule has 5 heteroatoms. The van der Waals surface area contributed by atoms with Crippen LogP contribution in [0, 0.1) is 5.92 Å². The molecular formula is C20H35IN4. The Kier molecular flexibility index (Phi) is 11.9. The Morgan fingerprint density at radius 3 is 2.48 bits per heavy atom. The molecule has 4 nitrogen and oxygen atoms in total. The SMILES string of the molecule is CCCN1CCC(CN=C(NCC)NCCc2ccccc2)CC1.I. The Morgan fingerprint density at radius 2 is 1.84 bits per heavy atom. The summed E-state index contributed by atoms with van der Waals surface area (Å²) >= 11 is 0. The number of benzene rings is 1. The van der Waals surface area contributed by atoms with Gasteiger partial charge in [0.25, 0.3) is 0 Å². The lowest BCUT2D eigenvalue weighted by Gasteiger charge is -2.31. The molecule has 0 unspecified atom stereocenters. The summed E-state index contributed by atoms with van der Waals surface area (Å²) in [5.41, 5.74) is 1.36. The number of likely N-dealkylation sites (tertiary alicyclic amines) is 1. The van der Waals surface area contributed by atoms with Crippen LogP contribution in [0.3, 0.4) is 0 Å². The van der Waals surface area contributed by atoms with Crippen LogP contribution in [0.25, 0.3) is 0 Å². The van der Waals surface area contributed by atoms with Crippen molar-refractivity contribution in [1.82, 2.24) is 15.5 Å². The van der Waals surface area contributed by atoms with Gasteiger partial charge in [0.1, 0.15) is 0 Å². The molecule has 1 saturated heterocycles. The molecule has 0 radical (unpaired) electrons. The van der Waals surface area contributed by atoms with Gasteiger partial charge in [0, 0.05) is 19.6 Å². The van der Waals surface area contributed by atoms with Crippen molar-refractivity contribution in [2.75, 3.05) is 39.3 Å². The fourth-order valence-corrected chi connectivity index (χ4v) is 3.24. The average Bonchev–Trinajstić information content (AvgIpc) is 2.62. The average molecular weight is 458 g/mol. The van der Waals surface area contributed by atoms with Crippen LogP contribution in [0.2, 0.25) is 0 Å². The normalized spacial score (nSPS) is 16.3. The third-order valence-electron chi connectivity index (χ3n) is 4.65. The highest BCUT2D eigenvalue weighted by Gasteiger charge is 2.18. The summed E-state index contributed by atoms with van der Waals surface area (Å²) in [6.07, 6.45) is 4.86. The van der Waals surface area contributed by atoms with Gasteiger partial charge < -0.3 is 15.5 Å². The lowest BCUT2D eigenvalue weighted by molar-refractivity contribution is 0.188. The van der Waals surface area contributed by atoms with E-state index < -0.39 is 0 Å². The summed E-state index contributed by atoms with van der Waals surface area (Å²) in [5.74, 6) is 1.70. The van der Waals surface area contributed by atoms with Gasteiger partial charge in [0.2, 0.25) is 0 Å². The maximum absolute atomic E-state index is 4.82. The number of guanidine groups is 1. The monoisotopic (exact) mass is 458 g/mol. The molecule has 2 rings (SSSR count). The van der Waals surface area contributed by atoms with Crippen LogP contribution in [0.4, 0.5) is 0 Å². The molecule has 1 aromatic carbocycles. The van der Waals surface area contributed by atoms with Crippen LogP contribution in [-0.2, 0) is 6.42 Å². The van der Waals surface area contributed by atoms with Crippen molar-refractivity contribution in [2.45, 2.75) is 39.5 Å². The molecule has 0 bridgehead atoms. The molecule has 0 saturated carbocycles. The summed E-state index contributed by atoms with van der Waals surface area (Å²) < 4.78 is 0. The summed E-state index contributed by atoms with van der Waals surface area (Å²) in [5, 5.41) is 6.83. The predicted molar refractivity (Wildman–Crippen MR) is 119 cm³/mol. The van der Waals surface area contributed by atoms with Crippen LogP contribution in [0.15, 0.2) is 35.3 Å². The molecule has 0 aromatic heterocycles. The van der Waals surface area contributed by atoms with Crippen molar-refractivity contribution in [2.24, 2.45) is 10.9 Å². The summed E-state index contributed by atoms with van der Waals surface area (Å²) in [7, 11) is 0. The van der Waals surface area contributed by atoms with Crippen molar-refractivity contribution in [3.63, 3.8) is 0 Å². The van der Waals surface area contributed by atoms with Gasteiger partial charge in [0.05, 0.1) is 0 Å². The number of hydrogen-bond donors (Lipinski definition) is 2. The van der Waals surface area contributed by atoms with Gasteiger partial charge >= 0.3 is 0 Å². The van der Waals surface area contributed by atoms with E-state index in [0.29, 0.717) is 0 Å². The minimum absolute atomic E-state index is 0. The van der Waals surface area contributed by atoms with Gasteiger partial charge in [-0.15, -0.1) is 24.0 Å². The van der Waals surface area contributed by atoms with E-state index in [1.54, 1.807) is 0 Å². The van der Waals surface area contributed by atoms with Crippen molar-refractivity contribution in [1.29, 1.82) is 0 Å². The smallest absolute Gasteiger partial charge is 0.191 e. The lowest BCUT2D eigenvalue weighted by Crippen LogP contribution is -2.39. The van der Waals surface area contributed by atoms with Gasteiger partial charge in [-0.25, -0.2) is 0 Å². The molecule has 25 heavy (non-hydrogen) atoms. The predicted octanol–water partition coefficient (Wildman–Crippen LogP) is 3.52. The zero-order chi connectivity index (χ0) is 17.0. The van der Waals surface area contributed by atoms with Crippen molar-refractivity contribution in [3.05, 3.63) is 35.9 Å². The quantitative estimate of drug-likeness (QED) is 0.356. The first-order chi connectivity index (χ1) is 11.8. The van der Waals surface area contributed by atoms with E-state index in [9.17, 15) is 0 Å². The lowest BCUT2D eigenvalue weighted by atomic mass is 9.97. The fourth-order valence-electron chi connectivity index (χ4n) is 3.24. The van der Waals surface area contributed by atoms with Crippen LogP contribution in [0.1, 0.15) is 38.7 Å². The summed E-state index contributed by atoms with van der Waals surface area (Å²) in [6, 6.07) is 10.6. The number of hydrogen-bond acceptors (Lipinski definition) is 2. The van der Waals surface area contributed by atoms with E-state index in [4.69, 9.17) is 4.99 Å². The molecule has 0 atom stereocenters. The molecule has 1 aliphatic heterocycles. The Bertz CT molecular complexity index is 470. The third kappa shape index (κ3) is 8.90. The van der Waals surface area contributed by atoms with Crippen LogP contribution < -0.4 is 10.6 Å². The van der Waals surface area contributed by atoms with E-state index in [1.807, 2.05) is 0 Å². The Hall–Kier alpha value is -0.820. The number of rotatable bonds is 8. The molecule has 1 heterocycles. The van der Waals surface area contributed by atoms with Crippen molar-refractivity contribution < 1.29 is 0 Å². The Labute approximate surface area is 170 Å². The summed E-state index contributed by atoms with van der Waals surface area (Å²) in [4.78, 5) is 7.40. The highest BCUT2D eigenvalue weighted by molar-refractivity contribution is 14.0. The second kappa shape index (κ2) is 13.4. The van der Waals surface area contributed by atoms with E-state index in [2.05, 4.69) is 59.7 Å². The largest absolute Gasteiger partial charge is 0.357 e. The van der Waals surface area contributed by atoms with Crippen molar-refractivity contribution >= 4 is 29.9 Å². The highest BCUT2D eigenvalue weighted by atomic mass is 127. The topological polar surface area (TPSA) is 39.7 Å². The minimum Gasteiger partial charge on any atom is -0.357 e. The first-order valence-electron chi connectivity index (χ1n) is 9.60. The second-order valence-corrected chi connectivity index (χ2v) is 6.67. The van der Waals surface area contributed by atoms with Crippen LogP contribution in [-0.4, -0.2) is 50.1 Å². The zero-order valence-electron chi connectivity index (χ0n) is 15.8. The van der Waals surface area contributed by atoms with Gasteiger partial charge in [-0.1, -0.05) is 37.3 Å². The second-order valence-electron chi connectivity index (χ2n) is 6.67. The first kappa shape index (κ1) is 22.2. The number of nitrogens with zero attached hydrogens (tertiary/aromatic N) is 2. The van der Waals surface area contributed by atoms with E-state index in [0.717, 1.165) is 37.9 Å². The number of aliphatic imine (C=N–C) groups is 1. The minimum atomic E-state index is 0. The van der Waals surface area contributed by atoms with E-state index in [-0.39, 0.29) is 24.0 Å². The molecule has 2 N–H and O–H groups in total. The molecule has 0 amide bonds. The number of nitrogens with one attached hydrogen (secondary N) is 2. The third-order valence-corrected chi connectivity index (χ3v) is 4.65. The first-order valence-corrected chi connectivity index (χ1v) is 9.60. The maximum Gasteiger partial charge on any atom is 0.191 e. The van der Waals surface area contributed by atoms with Gasteiger partial charge in [-0.2, -0.15) is 0 Å². The van der Waals surface area contributed by atoms with Crippen molar-refractivity contribution in [3.8, 4) is 0 Å². The van der Waals surface area contributed by atoms with E-state index in [1.165, 1.54) is 44.5 Å². The van der Waals surface area contributed by atoms with Crippen LogP contribution >= 0.6 is 24.0 Å².